The fourth-order valence-electron chi connectivity index (χ4n) is 3.03. The van der Waals surface area contributed by atoms with E-state index in [2.05, 4.69) is 35.6 Å². The van der Waals surface area contributed by atoms with Gasteiger partial charge in [0, 0.05) is 35.3 Å². The van der Waals surface area contributed by atoms with Gasteiger partial charge in [0.2, 0.25) is 0 Å². The van der Waals surface area contributed by atoms with E-state index < -0.39 is 4.92 Å². The van der Waals surface area contributed by atoms with E-state index in [-0.39, 0.29) is 5.69 Å². The van der Waals surface area contributed by atoms with E-state index in [4.69, 9.17) is 0 Å². The third-order valence-electron chi connectivity index (χ3n) is 4.27. The molecule has 0 amide bonds. The van der Waals surface area contributed by atoms with Crippen molar-refractivity contribution in [3.05, 3.63) is 68.9 Å². The summed E-state index contributed by atoms with van der Waals surface area (Å²) in [6.07, 6.45) is 0. The van der Waals surface area contributed by atoms with Crippen molar-refractivity contribution in [3.63, 3.8) is 0 Å². The van der Waals surface area contributed by atoms with Crippen molar-refractivity contribution < 1.29 is 4.92 Å². The summed E-state index contributed by atoms with van der Waals surface area (Å²) in [6, 6.07) is 14.8. The number of hydrogen-bond donors (Lipinski definition) is 0. The lowest BCUT2D eigenvalue weighted by atomic mass is 10.2. The lowest BCUT2D eigenvalue weighted by Crippen LogP contribution is -2.34. The Morgan fingerprint density at radius 2 is 1.88 bits per heavy atom. The van der Waals surface area contributed by atoms with Gasteiger partial charge in [-0.2, -0.15) is 0 Å². The highest BCUT2D eigenvalue weighted by molar-refractivity contribution is 9.10. The van der Waals surface area contributed by atoms with E-state index in [1.54, 1.807) is 6.07 Å². The molecule has 0 spiro atoms. The fourth-order valence-corrected chi connectivity index (χ4v) is 3.65. The van der Waals surface area contributed by atoms with E-state index in [9.17, 15) is 10.1 Å². The van der Waals surface area contributed by atoms with Gasteiger partial charge >= 0.3 is 0 Å². The quantitative estimate of drug-likeness (QED) is 0.496. The summed E-state index contributed by atoms with van der Waals surface area (Å²) in [7, 11) is 0. The van der Waals surface area contributed by atoms with Crippen molar-refractivity contribution in [2.24, 2.45) is 0 Å². The summed E-state index contributed by atoms with van der Waals surface area (Å²) in [5, 5.41) is 19.6. The Morgan fingerprint density at radius 3 is 2.60 bits per heavy atom. The number of benzene rings is 2. The van der Waals surface area contributed by atoms with Crippen LogP contribution in [0.2, 0.25) is 0 Å². The highest BCUT2D eigenvalue weighted by atomic mass is 79.9. The number of fused-ring (bicyclic) bond motifs is 1. The third kappa shape index (κ3) is 2.89. The van der Waals surface area contributed by atoms with Gasteiger partial charge in [0.1, 0.15) is 0 Å². The predicted molar refractivity (Wildman–Crippen MR) is 97.3 cm³/mol. The van der Waals surface area contributed by atoms with Crippen LogP contribution in [0.1, 0.15) is 5.82 Å². The maximum Gasteiger partial charge on any atom is 0.270 e. The number of nitro benzene ring substituents is 1. The molecule has 126 valence electrons. The number of hydrogen-bond acceptors (Lipinski definition) is 5. The van der Waals surface area contributed by atoms with Crippen molar-refractivity contribution >= 4 is 27.3 Å². The molecule has 7 nitrogen and oxygen atoms in total. The normalized spacial score (nSPS) is 13.6. The molecule has 2 heterocycles. The lowest BCUT2D eigenvalue weighted by molar-refractivity contribution is -0.384. The minimum absolute atomic E-state index is 0.0714. The lowest BCUT2D eigenvalue weighted by Gasteiger charge is -2.30. The Balaban J connectivity index is 1.62. The number of nitro groups is 1. The van der Waals surface area contributed by atoms with Crippen LogP contribution in [-0.2, 0) is 13.1 Å². The first kappa shape index (κ1) is 15.8. The first-order chi connectivity index (χ1) is 12.1. The zero-order valence-electron chi connectivity index (χ0n) is 13.2. The Morgan fingerprint density at radius 1 is 1.08 bits per heavy atom. The Labute approximate surface area is 152 Å². The molecule has 1 aromatic heterocycles. The van der Waals surface area contributed by atoms with Gasteiger partial charge < -0.3 is 9.47 Å². The molecule has 0 aliphatic carbocycles. The molecule has 2 aromatic carbocycles. The summed E-state index contributed by atoms with van der Waals surface area (Å²) in [4.78, 5) is 12.6. The van der Waals surface area contributed by atoms with Crippen molar-refractivity contribution in [2.45, 2.75) is 13.1 Å². The highest BCUT2D eigenvalue weighted by Gasteiger charge is 2.23. The summed E-state index contributed by atoms with van der Waals surface area (Å²) in [6.45, 7) is 2.15. The average Bonchev–Trinajstić information content (AvgIpc) is 3.05. The van der Waals surface area contributed by atoms with Gasteiger partial charge in [0.15, 0.2) is 11.6 Å². The van der Waals surface area contributed by atoms with E-state index in [1.165, 1.54) is 12.1 Å². The van der Waals surface area contributed by atoms with Crippen LogP contribution in [0.15, 0.2) is 53.0 Å². The summed E-state index contributed by atoms with van der Waals surface area (Å²) in [5.41, 5.74) is 2.04. The molecule has 8 heteroatoms. The number of non-ortho nitro benzene ring substituents is 1. The smallest absolute Gasteiger partial charge is 0.270 e. The number of halogens is 1. The molecule has 0 N–H and O–H groups in total. The summed E-state index contributed by atoms with van der Waals surface area (Å²) >= 11 is 3.44. The van der Waals surface area contributed by atoms with Gasteiger partial charge in [-0.25, -0.2) is 0 Å². The van der Waals surface area contributed by atoms with E-state index in [1.807, 2.05) is 30.3 Å². The highest BCUT2D eigenvalue weighted by Crippen LogP contribution is 2.32. The molecule has 0 bridgehead atoms. The van der Waals surface area contributed by atoms with Crippen LogP contribution >= 0.6 is 15.9 Å². The maximum absolute atomic E-state index is 10.9. The van der Waals surface area contributed by atoms with Gasteiger partial charge in [-0.05, 0) is 22.0 Å². The van der Waals surface area contributed by atoms with E-state index in [0.29, 0.717) is 11.0 Å². The molecular weight excluding hydrogens is 386 g/mol. The zero-order valence-corrected chi connectivity index (χ0v) is 14.8. The summed E-state index contributed by atoms with van der Waals surface area (Å²) < 4.78 is 2.84. The molecule has 1 aliphatic heterocycles. The van der Waals surface area contributed by atoms with Crippen LogP contribution in [0.4, 0.5) is 11.4 Å². The minimum Gasteiger partial charge on any atom is -0.361 e. The molecule has 3 aromatic rings. The Kier molecular flexibility index (Phi) is 3.96. The standard InChI is InChI=1S/C17H14BrN5O2/c18-14-10-13(23(24)25)6-7-15(14)21-8-9-22-16(11-21)19-20-17(22)12-4-2-1-3-5-12/h1-7,10H,8-9,11H2. The molecule has 0 atom stereocenters. The van der Waals surface area contributed by atoms with Crippen molar-refractivity contribution in [1.29, 1.82) is 0 Å². The van der Waals surface area contributed by atoms with Gasteiger partial charge in [0.05, 0.1) is 17.2 Å². The number of anilines is 1. The Hall–Kier alpha value is -2.74. The molecule has 0 unspecified atom stereocenters. The van der Waals surface area contributed by atoms with Crippen molar-refractivity contribution in [3.8, 4) is 11.4 Å². The Bertz CT molecular complexity index is 941. The van der Waals surface area contributed by atoms with Crippen LogP contribution in [0, 0.1) is 10.1 Å². The molecule has 25 heavy (non-hydrogen) atoms. The second-order valence-electron chi connectivity index (χ2n) is 5.77. The first-order valence-electron chi connectivity index (χ1n) is 7.80. The van der Waals surface area contributed by atoms with Gasteiger partial charge in [0.25, 0.3) is 5.69 Å². The number of aromatic nitrogens is 3. The topological polar surface area (TPSA) is 77.1 Å². The van der Waals surface area contributed by atoms with Crippen LogP contribution in [0.5, 0.6) is 0 Å². The van der Waals surface area contributed by atoms with Gasteiger partial charge in [-0.1, -0.05) is 30.3 Å². The van der Waals surface area contributed by atoms with Crippen LogP contribution < -0.4 is 4.90 Å². The molecule has 4 rings (SSSR count). The third-order valence-corrected chi connectivity index (χ3v) is 4.90. The van der Waals surface area contributed by atoms with Crippen LogP contribution in [-0.4, -0.2) is 26.2 Å². The maximum atomic E-state index is 10.9. The predicted octanol–water partition coefficient (Wildman–Crippen LogP) is 3.64. The molecule has 0 saturated heterocycles. The van der Waals surface area contributed by atoms with Crippen LogP contribution in [0.25, 0.3) is 11.4 Å². The molecule has 1 aliphatic rings. The molecule has 0 radical (unpaired) electrons. The second kappa shape index (κ2) is 6.29. The first-order valence-corrected chi connectivity index (χ1v) is 8.59. The van der Waals surface area contributed by atoms with Crippen molar-refractivity contribution in [2.75, 3.05) is 11.4 Å². The van der Waals surface area contributed by atoms with E-state index >= 15 is 0 Å². The minimum atomic E-state index is -0.395. The van der Waals surface area contributed by atoms with Gasteiger partial charge in [-0.3, -0.25) is 10.1 Å². The molecular formula is C17H14BrN5O2. The fraction of sp³-hybridized carbons (Fsp3) is 0.176. The zero-order chi connectivity index (χ0) is 17.4. The monoisotopic (exact) mass is 399 g/mol. The number of nitrogens with zero attached hydrogens (tertiary/aromatic N) is 5. The van der Waals surface area contributed by atoms with Crippen molar-refractivity contribution in [1.82, 2.24) is 14.8 Å². The summed E-state index contributed by atoms with van der Waals surface area (Å²) in [5.74, 6) is 1.76. The van der Waals surface area contributed by atoms with Crippen LogP contribution in [0.3, 0.4) is 0 Å². The largest absolute Gasteiger partial charge is 0.361 e. The molecule has 0 fully saturated rings. The average molecular weight is 400 g/mol. The number of rotatable bonds is 3. The van der Waals surface area contributed by atoms with E-state index in [0.717, 1.165) is 36.0 Å². The molecule has 0 saturated carbocycles. The second-order valence-corrected chi connectivity index (χ2v) is 6.63. The SMILES string of the molecule is O=[N+]([O-])c1ccc(N2CCn3c(nnc3-c3ccccc3)C2)c(Br)c1. The van der Waals surface area contributed by atoms with Gasteiger partial charge in [-0.15, -0.1) is 10.2 Å².